The lowest BCUT2D eigenvalue weighted by atomic mass is 10.1. The van der Waals surface area contributed by atoms with E-state index in [1.165, 1.54) is 6.92 Å². The van der Waals surface area contributed by atoms with Gasteiger partial charge in [-0.3, -0.25) is 9.59 Å². The zero-order valence-corrected chi connectivity index (χ0v) is 10.9. The van der Waals surface area contributed by atoms with E-state index in [2.05, 4.69) is 5.32 Å². The summed E-state index contributed by atoms with van der Waals surface area (Å²) in [5.41, 5.74) is 0. The monoisotopic (exact) mass is 257 g/mol. The molecule has 0 spiro atoms. The molecule has 1 aliphatic rings. The van der Waals surface area contributed by atoms with E-state index >= 15 is 0 Å². The van der Waals surface area contributed by atoms with Crippen molar-refractivity contribution in [1.82, 2.24) is 5.32 Å². The molecule has 1 N–H and O–H groups in total. The van der Waals surface area contributed by atoms with E-state index in [9.17, 15) is 14.4 Å². The molecule has 0 radical (unpaired) electrons. The molecule has 1 saturated heterocycles. The highest BCUT2D eigenvalue weighted by atomic mass is 16.6. The number of carbonyl (C=O) groups is 3. The summed E-state index contributed by atoms with van der Waals surface area (Å²) in [7, 11) is 0. The number of rotatable bonds is 7. The maximum Gasteiger partial charge on any atom is 0.338 e. The molecule has 0 aromatic rings. The lowest BCUT2D eigenvalue weighted by molar-refractivity contribution is -0.144. The molecule has 6 nitrogen and oxygen atoms in total. The lowest BCUT2D eigenvalue weighted by Crippen LogP contribution is -2.42. The van der Waals surface area contributed by atoms with E-state index in [-0.39, 0.29) is 12.4 Å². The third-order valence-electron chi connectivity index (χ3n) is 2.65. The number of hydrogen-bond donors (Lipinski definition) is 1. The van der Waals surface area contributed by atoms with Gasteiger partial charge in [-0.15, -0.1) is 0 Å². The number of epoxide rings is 1. The van der Waals surface area contributed by atoms with E-state index in [1.807, 2.05) is 6.92 Å². The Morgan fingerprint density at radius 1 is 1.28 bits per heavy atom. The molecule has 1 unspecified atom stereocenters. The van der Waals surface area contributed by atoms with Crippen molar-refractivity contribution in [3.05, 3.63) is 0 Å². The van der Waals surface area contributed by atoms with Gasteiger partial charge in [0, 0.05) is 0 Å². The first-order valence-electron chi connectivity index (χ1n) is 6.14. The fraction of sp³-hybridized carbons (Fsp3) is 0.750. The Kier molecular flexibility index (Phi) is 5.27. The molecule has 1 fully saturated rings. The smallest absolute Gasteiger partial charge is 0.338 e. The van der Waals surface area contributed by atoms with Crippen molar-refractivity contribution in [2.45, 2.75) is 51.9 Å². The third kappa shape index (κ3) is 3.80. The molecule has 102 valence electrons. The van der Waals surface area contributed by atoms with Crippen LogP contribution in [0.25, 0.3) is 0 Å². The zero-order valence-electron chi connectivity index (χ0n) is 10.9. The van der Waals surface area contributed by atoms with E-state index in [0.717, 1.165) is 6.42 Å². The molecule has 1 heterocycles. The molecule has 6 heteroatoms. The van der Waals surface area contributed by atoms with E-state index in [0.29, 0.717) is 6.42 Å². The van der Waals surface area contributed by atoms with E-state index in [4.69, 9.17) is 9.47 Å². The number of amides is 1. The SMILES string of the molecule is CCC[C@H](NC(=O)[C@@H]1OC1C(=O)OCC)C(C)=O. The number of ether oxygens (including phenoxy) is 2. The van der Waals surface area contributed by atoms with Crippen molar-refractivity contribution < 1.29 is 23.9 Å². The molecular weight excluding hydrogens is 238 g/mol. The first kappa shape index (κ1) is 14.6. The van der Waals surface area contributed by atoms with Crippen LogP contribution in [0.15, 0.2) is 0 Å². The summed E-state index contributed by atoms with van der Waals surface area (Å²) >= 11 is 0. The van der Waals surface area contributed by atoms with Gasteiger partial charge < -0.3 is 14.8 Å². The Morgan fingerprint density at radius 2 is 1.94 bits per heavy atom. The van der Waals surface area contributed by atoms with Crippen LogP contribution in [-0.2, 0) is 23.9 Å². The molecule has 0 bridgehead atoms. The number of hydrogen-bond acceptors (Lipinski definition) is 5. The van der Waals surface area contributed by atoms with Crippen molar-refractivity contribution in [2.75, 3.05) is 6.61 Å². The molecule has 3 atom stereocenters. The van der Waals surface area contributed by atoms with Gasteiger partial charge in [-0.25, -0.2) is 4.79 Å². The van der Waals surface area contributed by atoms with Crippen molar-refractivity contribution in [1.29, 1.82) is 0 Å². The molecule has 1 rings (SSSR count). The van der Waals surface area contributed by atoms with Crippen LogP contribution >= 0.6 is 0 Å². The molecule has 0 aliphatic carbocycles. The molecule has 1 aliphatic heterocycles. The van der Waals surface area contributed by atoms with Gasteiger partial charge in [-0.2, -0.15) is 0 Å². The van der Waals surface area contributed by atoms with Gasteiger partial charge in [0.2, 0.25) is 0 Å². The van der Waals surface area contributed by atoms with Crippen LogP contribution in [-0.4, -0.2) is 42.5 Å². The summed E-state index contributed by atoms with van der Waals surface area (Å²) in [5, 5.41) is 2.59. The van der Waals surface area contributed by atoms with Gasteiger partial charge in [-0.05, 0) is 20.3 Å². The second-order valence-corrected chi connectivity index (χ2v) is 4.19. The minimum atomic E-state index is -0.820. The van der Waals surface area contributed by atoms with Gasteiger partial charge in [0.25, 0.3) is 5.91 Å². The standard InChI is InChI=1S/C12H19NO5/c1-4-6-8(7(3)14)13-11(15)9-10(18-9)12(16)17-5-2/h8-10H,4-6H2,1-3H3,(H,13,15)/t8-,9+,10?/m0/s1. The van der Waals surface area contributed by atoms with Crippen LogP contribution in [0.1, 0.15) is 33.6 Å². The first-order valence-corrected chi connectivity index (χ1v) is 6.14. The molecule has 0 aromatic carbocycles. The highest BCUT2D eigenvalue weighted by molar-refractivity contribution is 5.95. The van der Waals surface area contributed by atoms with Crippen molar-refractivity contribution in [2.24, 2.45) is 0 Å². The quantitative estimate of drug-likeness (QED) is 0.520. The third-order valence-corrected chi connectivity index (χ3v) is 2.65. The van der Waals surface area contributed by atoms with Crippen LogP contribution < -0.4 is 5.32 Å². The summed E-state index contributed by atoms with van der Waals surface area (Å²) in [6, 6.07) is -0.505. The summed E-state index contributed by atoms with van der Waals surface area (Å²) in [5.74, 6) is -1.06. The van der Waals surface area contributed by atoms with Gasteiger partial charge >= 0.3 is 5.97 Å². The van der Waals surface area contributed by atoms with Gasteiger partial charge in [0.15, 0.2) is 18.0 Å². The van der Waals surface area contributed by atoms with E-state index in [1.54, 1.807) is 6.92 Å². The maximum atomic E-state index is 11.7. The second-order valence-electron chi connectivity index (χ2n) is 4.19. The van der Waals surface area contributed by atoms with Gasteiger partial charge in [-0.1, -0.05) is 13.3 Å². The summed E-state index contributed by atoms with van der Waals surface area (Å²) < 4.78 is 9.69. The van der Waals surface area contributed by atoms with Crippen molar-refractivity contribution in [3.8, 4) is 0 Å². The van der Waals surface area contributed by atoms with Crippen LogP contribution in [0.5, 0.6) is 0 Å². The molecule has 18 heavy (non-hydrogen) atoms. The molecule has 0 aromatic heterocycles. The summed E-state index contributed by atoms with van der Waals surface area (Å²) in [6.45, 7) is 5.29. The Balaban J connectivity index is 2.43. The summed E-state index contributed by atoms with van der Waals surface area (Å²) in [6.07, 6.45) is -0.267. The van der Waals surface area contributed by atoms with E-state index < -0.39 is 30.1 Å². The Labute approximate surface area is 106 Å². The fourth-order valence-electron chi connectivity index (χ4n) is 1.64. The Hall–Kier alpha value is -1.43. The highest BCUT2D eigenvalue weighted by Gasteiger charge is 2.51. The molecule has 0 saturated carbocycles. The van der Waals surface area contributed by atoms with Crippen molar-refractivity contribution >= 4 is 17.7 Å². The molecule has 1 amide bonds. The van der Waals surface area contributed by atoms with Crippen molar-refractivity contribution in [3.63, 3.8) is 0 Å². The fourth-order valence-corrected chi connectivity index (χ4v) is 1.64. The van der Waals surface area contributed by atoms with Gasteiger partial charge in [0.1, 0.15) is 0 Å². The zero-order chi connectivity index (χ0) is 13.7. The van der Waals surface area contributed by atoms with Crippen LogP contribution in [0.4, 0.5) is 0 Å². The number of esters is 1. The summed E-state index contributed by atoms with van der Waals surface area (Å²) in [4.78, 5) is 34.3. The van der Waals surface area contributed by atoms with Gasteiger partial charge in [0.05, 0.1) is 12.6 Å². The number of Topliss-reactive ketones (excluding diaryl/α,β-unsaturated/α-hetero) is 1. The Morgan fingerprint density at radius 3 is 2.44 bits per heavy atom. The predicted octanol–water partition coefficient (Wildman–Crippen LogP) is 0.191. The minimum Gasteiger partial charge on any atom is -0.464 e. The molecular formula is C12H19NO5. The van der Waals surface area contributed by atoms with Crippen LogP contribution in [0.2, 0.25) is 0 Å². The average molecular weight is 257 g/mol. The highest BCUT2D eigenvalue weighted by Crippen LogP contribution is 2.23. The minimum absolute atomic E-state index is 0.0986. The van der Waals surface area contributed by atoms with Crippen LogP contribution in [0.3, 0.4) is 0 Å². The largest absolute Gasteiger partial charge is 0.464 e. The predicted molar refractivity (Wildman–Crippen MR) is 62.8 cm³/mol. The second kappa shape index (κ2) is 6.49. The lowest BCUT2D eigenvalue weighted by Gasteiger charge is -2.13. The number of carbonyl (C=O) groups excluding carboxylic acids is 3. The first-order chi connectivity index (χ1) is 8.51. The number of ketones is 1. The Bertz CT molecular complexity index is 341. The normalized spacial score (nSPS) is 23.1. The average Bonchev–Trinajstić information content (AvgIpc) is 3.08. The van der Waals surface area contributed by atoms with Crippen LogP contribution in [0, 0.1) is 0 Å². The topological polar surface area (TPSA) is 85.0 Å². The number of nitrogens with one attached hydrogen (secondary N) is 1. The maximum absolute atomic E-state index is 11.7.